The minimum absolute atomic E-state index is 0.115. The highest BCUT2D eigenvalue weighted by molar-refractivity contribution is 5.11. The fourth-order valence-electron chi connectivity index (χ4n) is 0.984. The summed E-state index contributed by atoms with van der Waals surface area (Å²) in [5, 5.41) is 0. The van der Waals surface area contributed by atoms with Gasteiger partial charge in [0.2, 0.25) is 0 Å². The van der Waals surface area contributed by atoms with Crippen LogP contribution < -0.4 is 5.90 Å². The topological polar surface area (TPSA) is 48.1 Å². The number of halogens is 1. The molecule has 0 radical (unpaired) electrons. The van der Waals surface area contributed by atoms with Gasteiger partial charge in [-0.05, 0) is 12.1 Å². The average molecular weight is 170 g/mol. The fraction of sp³-hybridized carbons (Fsp3) is 0.375. The van der Waals surface area contributed by atoms with Crippen molar-refractivity contribution in [1.82, 2.24) is 4.98 Å². The number of pyridine rings is 1. The maximum Gasteiger partial charge on any atom is 0.145 e. The quantitative estimate of drug-likeness (QED) is 0.694. The third kappa shape index (κ3) is 1.99. The number of hydrogen-bond donors (Lipinski definition) is 1. The molecular formula is C8H11FN2O. The zero-order chi connectivity index (χ0) is 8.97. The lowest BCUT2D eigenvalue weighted by atomic mass is 10.1. The number of aromatic nitrogens is 1. The van der Waals surface area contributed by atoms with Crippen LogP contribution in [-0.4, -0.2) is 11.6 Å². The van der Waals surface area contributed by atoms with Crippen LogP contribution in [0, 0.1) is 5.82 Å². The van der Waals surface area contributed by atoms with Crippen molar-refractivity contribution in [3.63, 3.8) is 0 Å². The molecule has 0 saturated heterocycles. The summed E-state index contributed by atoms with van der Waals surface area (Å²) in [6.45, 7) is 2.08. The Labute approximate surface area is 70.3 Å². The van der Waals surface area contributed by atoms with E-state index < -0.39 is 0 Å². The van der Waals surface area contributed by atoms with Crippen LogP contribution in [0.1, 0.15) is 18.5 Å². The van der Waals surface area contributed by atoms with Crippen molar-refractivity contribution < 1.29 is 9.23 Å². The first kappa shape index (κ1) is 9.09. The normalized spacial score (nSPS) is 12.9. The highest BCUT2D eigenvalue weighted by Crippen LogP contribution is 2.14. The minimum atomic E-state index is -0.318. The number of nitrogens with two attached hydrogens (primary N) is 1. The second kappa shape index (κ2) is 4.13. The Balaban J connectivity index is 2.79. The third-order valence-electron chi connectivity index (χ3n) is 1.60. The Kier molecular flexibility index (Phi) is 3.13. The van der Waals surface area contributed by atoms with Gasteiger partial charge >= 0.3 is 0 Å². The molecule has 1 heterocycles. The largest absolute Gasteiger partial charge is 0.304 e. The summed E-state index contributed by atoms with van der Waals surface area (Å²) in [7, 11) is 0. The number of nitrogens with zero attached hydrogens (tertiary/aromatic N) is 1. The summed E-state index contributed by atoms with van der Waals surface area (Å²) >= 11 is 0. The van der Waals surface area contributed by atoms with E-state index in [9.17, 15) is 4.39 Å². The predicted octanol–water partition coefficient (Wildman–Crippen LogP) is 1.21. The first-order valence-electron chi connectivity index (χ1n) is 3.67. The van der Waals surface area contributed by atoms with E-state index in [4.69, 9.17) is 5.90 Å². The Morgan fingerprint density at radius 3 is 3.08 bits per heavy atom. The van der Waals surface area contributed by atoms with Crippen molar-refractivity contribution in [2.24, 2.45) is 5.90 Å². The lowest BCUT2D eigenvalue weighted by Crippen LogP contribution is -2.11. The van der Waals surface area contributed by atoms with E-state index in [0.29, 0.717) is 5.69 Å². The predicted molar refractivity (Wildman–Crippen MR) is 42.7 cm³/mol. The van der Waals surface area contributed by atoms with Crippen LogP contribution >= 0.6 is 0 Å². The van der Waals surface area contributed by atoms with Crippen molar-refractivity contribution in [2.45, 2.75) is 12.8 Å². The van der Waals surface area contributed by atoms with Crippen molar-refractivity contribution in [3.8, 4) is 0 Å². The van der Waals surface area contributed by atoms with E-state index >= 15 is 0 Å². The maximum atomic E-state index is 13.0. The van der Waals surface area contributed by atoms with Crippen molar-refractivity contribution in [2.75, 3.05) is 6.61 Å². The van der Waals surface area contributed by atoms with Crippen molar-refractivity contribution in [3.05, 3.63) is 29.8 Å². The van der Waals surface area contributed by atoms with Crippen LogP contribution in [0.2, 0.25) is 0 Å². The van der Waals surface area contributed by atoms with Gasteiger partial charge in [-0.15, -0.1) is 0 Å². The van der Waals surface area contributed by atoms with Gasteiger partial charge in [-0.3, -0.25) is 4.98 Å². The van der Waals surface area contributed by atoms with E-state index in [1.165, 1.54) is 6.07 Å². The second-order valence-corrected chi connectivity index (χ2v) is 2.60. The van der Waals surface area contributed by atoms with Gasteiger partial charge in [-0.25, -0.2) is 10.3 Å². The number of hydrogen-bond acceptors (Lipinski definition) is 3. The number of rotatable bonds is 3. The lowest BCUT2D eigenvalue weighted by molar-refractivity contribution is 0.125. The first-order valence-corrected chi connectivity index (χ1v) is 3.67. The average Bonchev–Trinajstić information content (AvgIpc) is 2.05. The molecule has 0 aliphatic heterocycles. The van der Waals surface area contributed by atoms with Crippen LogP contribution in [0.4, 0.5) is 4.39 Å². The molecule has 12 heavy (non-hydrogen) atoms. The Bertz CT molecular complexity index is 255. The standard InChI is InChI=1S/C8H11FN2O/c1-6(5-12-10)8-7(9)3-2-4-11-8/h2-4,6H,5,10H2,1H3. The molecule has 3 nitrogen and oxygen atoms in total. The Hall–Kier alpha value is -1.00. The van der Waals surface area contributed by atoms with Crippen LogP contribution in [0.15, 0.2) is 18.3 Å². The molecule has 66 valence electrons. The van der Waals surface area contributed by atoms with Crippen LogP contribution in [-0.2, 0) is 4.84 Å². The summed E-state index contributed by atoms with van der Waals surface area (Å²) in [4.78, 5) is 8.29. The smallest absolute Gasteiger partial charge is 0.145 e. The van der Waals surface area contributed by atoms with E-state index in [2.05, 4.69) is 9.82 Å². The molecule has 0 aliphatic rings. The Morgan fingerprint density at radius 1 is 1.75 bits per heavy atom. The van der Waals surface area contributed by atoms with Crippen molar-refractivity contribution in [1.29, 1.82) is 0 Å². The summed E-state index contributed by atoms with van der Waals surface area (Å²) < 4.78 is 13.0. The Morgan fingerprint density at radius 2 is 2.50 bits per heavy atom. The summed E-state index contributed by atoms with van der Waals surface area (Å²) in [6.07, 6.45) is 1.55. The molecule has 0 amide bonds. The zero-order valence-corrected chi connectivity index (χ0v) is 6.83. The molecule has 0 aromatic carbocycles. The molecule has 0 aliphatic carbocycles. The van der Waals surface area contributed by atoms with Gasteiger partial charge in [0, 0.05) is 12.1 Å². The molecule has 1 atom stereocenters. The third-order valence-corrected chi connectivity index (χ3v) is 1.60. The van der Waals surface area contributed by atoms with Crippen LogP contribution in [0.3, 0.4) is 0 Å². The SMILES string of the molecule is CC(CON)c1ncccc1F. The van der Waals surface area contributed by atoms with Gasteiger partial charge in [0.1, 0.15) is 5.82 Å². The van der Waals surface area contributed by atoms with E-state index in [1.54, 1.807) is 19.2 Å². The molecule has 1 aromatic rings. The molecule has 2 N–H and O–H groups in total. The molecule has 0 bridgehead atoms. The van der Waals surface area contributed by atoms with E-state index in [1.807, 2.05) is 0 Å². The first-order chi connectivity index (χ1) is 5.75. The van der Waals surface area contributed by atoms with Gasteiger partial charge < -0.3 is 4.84 Å². The maximum absolute atomic E-state index is 13.0. The van der Waals surface area contributed by atoms with Gasteiger partial charge in [0.15, 0.2) is 0 Å². The van der Waals surface area contributed by atoms with Gasteiger partial charge in [0.25, 0.3) is 0 Å². The van der Waals surface area contributed by atoms with E-state index in [-0.39, 0.29) is 18.3 Å². The molecule has 1 rings (SSSR count). The molecule has 0 fully saturated rings. The summed E-state index contributed by atoms with van der Waals surface area (Å²) in [5.74, 6) is 4.43. The van der Waals surface area contributed by atoms with Crippen molar-refractivity contribution >= 4 is 0 Å². The molecule has 4 heteroatoms. The minimum Gasteiger partial charge on any atom is -0.304 e. The van der Waals surface area contributed by atoms with Crippen LogP contribution in [0.5, 0.6) is 0 Å². The monoisotopic (exact) mass is 170 g/mol. The summed E-state index contributed by atoms with van der Waals surface area (Å²) in [6, 6.07) is 2.92. The van der Waals surface area contributed by atoms with Gasteiger partial charge in [-0.2, -0.15) is 0 Å². The molecule has 0 spiro atoms. The van der Waals surface area contributed by atoms with Gasteiger partial charge in [0.05, 0.1) is 12.3 Å². The lowest BCUT2D eigenvalue weighted by Gasteiger charge is -2.08. The second-order valence-electron chi connectivity index (χ2n) is 2.60. The molecule has 1 unspecified atom stereocenters. The zero-order valence-electron chi connectivity index (χ0n) is 6.83. The van der Waals surface area contributed by atoms with Crippen LogP contribution in [0.25, 0.3) is 0 Å². The fourth-order valence-corrected chi connectivity index (χ4v) is 0.984. The summed E-state index contributed by atoms with van der Waals surface area (Å²) in [5.41, 5.74) is 0.392. The molecule has 1 aromatic heterocycles. The van der Waals surface area contributed by atoms with Gasteiger partial charge in [-0.1, -0.05) is 6.92 Å². The van der Waals surface area contributed by atoms with E-state index in [0.717, 1.165) is 0 Å². The molecular weight excluding hydrogens is 159 g/mol. The highest BCUT2D eigenvalue weighted by Gasteiger charge is 2.11. The highest BCUT2D eigenvalue weighted by atomic mass is 19.1. The molecule has 0 saturated carbocycles.